The van der Waals surface area contributed by atoms with Crippen LogP contribution in [-0.4, -0.2) is 73.3 Å². The van der Waals surface area contributed by atoms with E-state index in [-0.39, 0.29) is 0 Å². The van der Waals surface area contributed by atoms with Gasteiger partial charge in [0.2, 0.25) is 5.89 Å². The molecule has 0 atom stereocenters. The van der Waals surface area contributed by atoms with Crippen LogP contribution < -0.4 is 9.47 Å². The zero-order chi connectivity index (χ0) is 26.0. The Morgan fingerprint density at radius 1 is 1.00 bits per heavy atom. The quantitative estimate of drug-likeness (QED) is 0.308. The van der Waals surface area contributed by atoms with Crippen molar-refractivity contribution in [2.24, 2.45) is 0 Å². The lowest BCUT2D eigenvalue weighted by Crippen LogP contribution is -2.46. The monoisotopic (exact) mass is 523 g/mol. The number of methoxy groups -OCH3 is 2. The van der Waals surface area contributed by atoms with Crippen molar-refractivity contribution in [2.75, 3.05) is 52.7 Å². The second-order valence-electron chi connectivity index (χ2n) is 9.33. The molecule has 0 bridgehead atoms. The smallest absolute Gasteiger partial charge is 0.226 e. The molecule has 0 spiro atoms. The van der Waals surface area contributed by atoms with E-state index < -0.39 is 0 Å². The van der Waals surface area contributed by atoms with Crippen LogP contribution in [0.25, 0.3) is 11.5 Å². The van der Waals surface area contributed by atoms with Gasteiger partial charge in [0.1, 0.15) is 11.5 Å². The minimum absolute atomic E-state index is 0.300. The van der Waals surface area contributed by atoms with Crippen LogP contribution in [0.2, 0.25) is 0 Å². The second-order valence-corrected chi connectivity index (χ2v) is 10.3. The number of benzene rings is 2. The topological polar surface area (TPSA) is 68.0 Å². The van der Waals surface area contributed by atoms with Gasteiger partial charge in [-0.1, -0.05) is 30.3 Å². The number of nitrogens with zero attached hydrogens (tertiary/aromatic N) is 3. The van der Waals surface area contributed by atoms with Gasteiger partial charge in [0.25, 0.3) is 0 Å². The number of oxazole rings is 1. The molecule has 0 saturated carbocycles. The highest BCUT2D eigenvalue weighted by Crippen LogP contribution is 2.33. The predicted molar refractivity (Wildman–Crippen MR) is 148 cm³/mol. The number of thioether (sulfide) groups is 1. The van der Waals surface area contributed by atoms with Crippen molar-refractivity contribution in [1.82, 2.24) is 14.8 Å². The fourth-order valence-electron chi connectivity index (χ4n) is 4.50. The first-order valence-corrected chi connectivity index (χ1v) is 14.0. The number of aromatic nitrogens is 1. The maximum Gasteiger partial charge on any atom is 0.226 e. The predicted octanol–water partition coefficient (Wildman–Crippen LogP) is 5.07. The lowest BCUT2D eigenvalue weighted by atomic mass is 10.2. The highest BCUT2D eigenvalue weighted by molar-refractivity contribution is 7.99. The van der Waals surface area contributed by atoms with E-state index in [0.717, 1.165) is 62.7 Å². The number of rotatable bonds is 13. The summed E-state index contributed by atoms with van der Waals surface area (Å²) in [5.41, 5.74) is 3.07. The Labute approximate surface area is 224 Å². The molecule has 2 aromatic carbocycles. The number of aryl methyl sites for hydroxylation is 1. The average Bonchev–Trinajstić information content (AvgIpc) is 3.30. The van der Waals surface area contributed by atoms with E-state index in [1.54, 1.807) is 26.0 Å². The largest absolute Gasteiger partial charge is 0.493 e. The van der Waals surface area contributed by atoms with Crippen LogP contribution in [0.1, 0.15) is 29.9 Å². The highest BCUT2D eigenvalue weighted by Gasteiger charge is 2.18. The van der Waals surface area contributed by atoms with E-state index in [1.807, 2.05) is 25.1 Å². The van der Waals surface area contributed by atoms with Crippen molar-refractivity contribution in [2.45, 2.75) is 32.1 Å². The summed E-state index contributed by atoms with van der Waals surface area (Å²) in [6.07, 6.45) is 1.55. The van der Waals surface area contributed by atoms with Crippen LogP contribution in [0.4, 0.5) is 0 Å². The summed E-state index contributed by atoms with van der Waals surface area (Å²) < 4.78 is 16.6. The molecule has 198 valence electrons. The van der Waals surface area contributed by atoms with Crippen molar-refractivity contribution >= 4 is 17.5 Å². The van der Waals surface area contributed by atoms with Crippen LogP contribution in [0.3, 0.4) is 0 Å². The molecule has 2 heterocycles. The standard InChI is InChI=1S/C29H37N3O4S/c1-22-26(30-29(36-22)24-11-12-27(34-2)28(18-24)35-3)21-37-20-25(33)10-7-13-31-14-16-32(17-15-31)19-23-8-5-4-6-9-23/h4-6,8-9,11-12,18H,7,10,13-17,19-21H2,1-3H3. The van der Waals surface area contributed by atoms with Crippen molar-refractivity contribution in [3.8, 4) is 23.0 Å². The Hall–Kier alpha value is -2.81. The van der Waals surface area contributed by atoms with Gasteiger partial charge in [-0.25, -0.2) is 4.98 Å². The van der Waals surface area contributed by atoms with Crippen LogP contribution in [0.5, 0.6) is 11.5 Å². The molecule has 1 saturated heterocycles. The lowest BCUT2D eigenvalue weighted by molar-refractivity contribution is -0.116. The van der Waals surface area contributed by atoms with Gasteiger partial charge in [-0.2, -0.15) is 0 Å². The molecule has 1 aliphatic heterocycles. The number of hydrogen-bond donors (Lipinski definition) is 0. The number of carbonyl (C=O) groups excluding carboxylic acids is 1. The summed E-state index contributed by atoms with van der Waals surface area (Å²) in [4.78, 5) is 22.1. The summed E-state index contributed by atoms with van der Waals surface area (Å²) in [6.45, 7) is 8.24. The summed E-state index contributed by atoms with van der Waals surface area (Å²) in [5.74, 6) is 4.07. The normalized spacial score (nSPS) is 14.6. The third-order valence-electron chi connectivity index (χ3n) is 6.67. The molecule has 0 amide bonds. The van der Waals surface area contributed by atoms with Gasteiger partial charge in [-0.15, -0.1) is 11.8 Å². The minimum Gasteiger partial charge on any atom is -0.493 e. The third-order valence-corrected chi connectivity index (χ3v) is 7.67. The van der Waals surface area contributed by atoms with Gasteiger partial charge in [0.05, 0.1) is 25.7 Å². The fraction of sp³-hybridized carbons (Fsp3) is 0.448. The van der Waals surface area contributed by atoms with Gasteiger partial charge in [-0.3, -0.25) is 9.69 Å². The number of carbonyl (C=O) groups is 1. The molecule has 7 nitrogen and oxygen atoms in total. The first-order valence-electron chi connectivity index (χ1n) is 12.8. The number of hydrogen-bond acceptors (Lipinski definition) is 8. The summed E-state index contributed by atoms with van der Waals surface area (Å²) >= 11 is 1.60. The summed E-state index contributed by atoms with van der Waals surface area (Å²) in [5, 5.41) is 0. The van der Waals surface area contributed by atoms with Crippen LogP contribution in [0, 0.1) is 6.92 Å². The summed E-state index contributed by atoms with van der Waals surface area (Å²) in [6, 6.07) is 16.2. The maximum atomic E-state index is 12.5. The van der Waals surface area contributed by atoms with E-state index in [9.17, 15) is 4.79 Å². The lowest BCUT2D eigenvalue weighted by Gasteiger charge is -2.34. The first-order chi connectivity index (χ1) is 18.1. The molecular weight excluding hydrogens is 486 g/mol. The first kappa shape index (κ1) is 27.2. The molecule has 0 unspecified atom stereocenters. The van der Waals surface area contributed by atoms with Crippen LogP contribution >= 0.6 is 11.8 Å². The second kappa shape index (κ2) is 13.7. The number of ketones is 1. The Morgan fingerprint density at radius 2 is 1.73 bits per heavy atom. The molecule has 0 aliphatic carbocycles. The van der Waals surface area contributed by atoms with E-state index in [1.165, 1.54) is 5.56 Å². The van der Waals surface area contributed by atoms with Gasteiger partial charge in [0, 0.05) is 50.5 Å². The van der Waals surface area contributed by atoms with E-state index in [0.29, 0.717) is 41.1 Å². The SMILES string of the molecule is COc1ccc(-c2nc(CSCC(=O)CCCN3CCN(Cc4ccccc4)CC3)c(C)o2)cc1OC. The Bertz CT molecular complexity index is 1140. The minimum atomic E-state index is 0.300. The van der Waals surface area contributed by atoms with Crippen LogP contribution in [-0.2, 0) is 17.1 Å². The van der Waals surface area contributed by atoms with Crippen LogP contribution in [0.15, 0.2) is 52.9 Å². The summed E-state index contributed by atoms with van der Waals surface area (Å²) in [7, 11) is 3.21. The zero-order valence-electron chi connectivity index (χ0n) is 22.1. The Kier molecular flexibility index (Phi) is 10.0. The molecule has 0 radical (unpaired) electrons. The van der Waals surface area contributed by atoms with Crippen molar-refractivity contribution < 1.29 is 18.7 Å². The van der Waals surface area contributed by atoms with E-state index in [2.05, 4.69) is 45.1 Å². The van der Waals surface area contributed by atoms with E-state index >= 15 is 0 Å². The number of piperazine rings is 1. The van der Waals surface area contributed by atoms with Crippen molar-refractivity contribution in [3.05, 3.63) is 65.5 Å². The molecule has 3 aromatic rings. The van der Waals surface area contributed by atoms with Gasteiger partial charge in [-0.05, 0) is 43.7 Å². The molecule has 1 aromatic heterocycles. The molecule has 0 N–H and O–H groups in total. The number of ether oxygens (including phenoxy) is 2. The Morgan fingerprint density at radius 3 is 2.46 bits per heavy atom. The Balaban J connectivity index is 1.14. The van der Waals surface area contributed by atoms with Gasteiger partial charge >= 0.3 is 0 Å². The van der Waals surface area contributed by atoms with Gasteiger partial charge in [0.15, 0.2) is 11.5 Å². The highest BCUT2D eigenvalue weighted by atomic mass is 32.2. The molecule has 8 heteroatoms. The average molecular weight is 524 g/mol. The molecular formula is C29H37N3O4S. The van der Waals surface area contributed by atoms with Crippen molar-refractivity contribution in [1.29, 1.82) is 0 Å². The maximum absolute atomic E-state index is 12.5. The number of Topliss-reactive ketones (excluding diaryl/α,β-unsaturated/α-hetero) is 1. The molecule has 37 heavy (non-hydrogen) atoms. The zero-order valence-corrected chi connectivity index (χ0v) is 22.9. The third kappa shape index (κ3) is 7.84. The molecule has 1 fully saturated rings. The molecule has 4 rings (SSSR count). The van der Waals surface area contributed by atoms with Crippen molar-refractivity contribution in [3.63, 3.8) is 0 Å². The fourth-order valence-corrected chi connectivity index (χ4v) is 5.44. The van der Waals surface area contributed by atoms with E-state index in [4.69, 9.17) is 13.9 Å². The molecule has 1 aliphatic rings. The van der Waals surface area contributed by atoms with Gasteiger partial charge < -0.3 is 18.8 Å².